The van der Waals surface area contributed by atoms with E-state index in [0.717, 1.165) is 11.8 Å². The minimum absolute atomic E-state index is 0.0258. The highest BCUT2D eigenvalue weighted by atomic mass is 32.2. The van der Waals surface area contributed by atoms with Crippen molar-refractivity contribution in [1.82, 2.24) is 0 Å². The highest BCUT2D eigenvalue weighted by Crippen LogP contribution is 2.02. The summed E-state index contributed by atoms with van der Waals surface area (Å²) in [6, 6.07) is 0. The van der Waals surface area contributed by atoms with Gasteiger partial charge in [0.2, 0.25) is 0 Å². The van der Waals surface area contributed by atoms with Crippen molar-refractivity contribution < 1.29 is 50.1 Å². The summed E-state index contributed by atoms with van der Waals surface area (Å²) in [5.41, 5.74) is 0. The van der Waals surface area contributed by atoms with E-state index in [2.05, 4.69) is 0 Å². The topological polar surface area (TPSA) is 193 Å². The van der Waals surface area contributed by atoms with E-state index in [1.807, 2.05) is 0 Å². The second-order valence-corrected chi connectivity index (χ2v) is 4.62. The van der Waals surface area contributed by atoms with Crippen LogP contribution in [0.25, 0.3) is 0 Å². The second-order valence-electron chi connectivity index (χ2n) is 3.64. The maximum absolute atomic E-state index is 9.90. The number of aliphatic hydroxyl groups is 5. The number of aliphatic carboxylic acids is 2. The lowest BCUT2D eigenvalue weighted by Crippen LogP contribution is -2.46. The van der Waals surface area contributed by atoms with Crippen LogP contribution in [0.2, 0.25) is 0 Å². The molecule has 4 unspecified atom stereocenters. The fourth-order valence-electron chi connectivity index (χ4n) is 0.844. The molecule has 7 N–H and O–H groups in total. The number of carbonyl (C=O) groups excluding carboxylic acids is 1. The molecule has 0 saturated carbocycles. The molecule has 0 amide bonds. The lowest BCUT2D eigenvalue weighted by atomic mass is 10.0. The predicted octanol–water partition coefficient (Wildman–Crippen LogP) is -3.49. The summed E-state index contributed by atoms with van der Waals surface area (Å²) in [5.74, 6) is -2.26. The van der Waals surface area contributed by atoms with E-state index in [1.165, 1.54) is 0 Å². The zero-order valence-corrected chi connectivity index (χ0v) is 11.6. The Morgan fingerprint density at radius 3 is 1.67 bits per heavy atom. The van der Waals surface area contributed by atoms with E-state index in [9.17, 15) is 14.4 Å². The summed E-state index contributed by atoms with van der Waals surface area (Å²) in [4.78, 5) is 29.4. The molecule has 0 aliphatic rings. The van der Waals surface area contributed by atoms with Crippen molar-refractivity contribution in [3.63, 3.8) is 0 Å². The number of rotatable bonds is 9. The third kappa shape index (κ3) is 12.2. The van der Waals surface area contributed by atoms with Crippen molar-refractivity contribution in [1.29, 1.82) is 0 Å². The van der Waals surface area contributed by atoms with Crippen LogP contribution >= 0.6 is 11.8 Å². The first-order valence-electron chi connectivity index (χ1n) is 5.47. The molecule has 0 aromatic heterocycles. The standard InChI is InChI=1S/C6H12O6.C4H6O4S/c7-1-3(9)5(11)6(12)4(10)2-8;5-3(6)1-9-2-4(7)8/h1,3-6,8-12H,2H2;1-2H2,(H,5,6)(H,7,8). The van der Waals surface area contributed by atoms with Gasteiger partial charge < -0.3 is 40.5 Å². The number of carboxylic acids is 2. The number of hydrogen-bond acceptors (Lipinski definition) is 9. The molecule has 10 nitrogen and oxygen atoms in total. The Hall–Kier alpha value is -1.24. The number of carboxylic acid groups (broad SMARTS) is 2. The number of thioether (sulfide) groups is 1. The van der Waals surface area contributed by atoms with Crippen LogP contribution in [0.1, 0.15) is 0 Å². The Bertz CT molecular complexity index is 309. The van der Waals surface area contributed by atoms with Gasteiger partial charge in [-0.15, -0.1) is 11.8 Å². The van der Waals surface area contributed by atoms with Crippen molar-refractivity contribution in [2.24, 2.45) is 0 Å². The Morgan fingerprint density at radius 1 is 0.952 bits per heavy atom. The Kier molecular flexibility index (Phi) is 13.1. The van der Waals surface area contributed by atoms with Gasteiger partial charge in [0.25, 0.3) is 0 Å². The normalized spacial score (nSPS) is 15.9. The average Bonchev–Trinajstić information content (AvgIpc) is 2.43. The first kappa shape index (κ1) is 22.0. The van der Waals surface area contributed by atoms with Gasteiger partial charge in [-0.25, -0.2) is 0 Å². The van der Waals surface area contributed by atoms with Crippen molar-refractivity contribution in [2.75, 3.05) is 18.1 Å². The summed E-state index contributed by atoms with van der Waals surface area (Å²) in [6.07, 6.45) is -6.84. The minimum atomic E-state index is -1.79. The van der Waals surface area contributed by atoms with Crippen LogP contribution in [0, 0.1) is 0 Å². The smallest absolute Gasteiger partial charge is 0.313 e. The lowest BCUT2D eigenvalue weighted by molar-refractivity contribution is -0.136. The zero-order valence-electron chi connectivity index (χ0n) is 10.8. The van der Waals surface area contributed by atoms with Crippen molar-refractivity contribution in [3.8, 4) is 0 Å². The summed E-state index contributed by atoms with van der Waals surface area (Å²) < 4.78 is 0. The van der Waals surface area contributed by atoms with Gasteiger partial charge in [0, 0.05) is 0 Å². The van der Waals surface area contributed by atoms with Gasteiger partial charge in [-0.2, -0.15) is 0 Å². The second kappa shape index (κ2) is 12.5. The minimum Gasteiger partial charge on any atom is -0.481 e. The molecular formula is C10H18O10S. The first-order chi connectivity index (χ1) is 9.67. The monoisotopic (exact) mass is 330 g/mol. The largest absolute Gasteiger partial charge is 0.481 e. The van der Waals surface area contributed by atoms with Gasteiger partial charge in [0.1, 0.15) is 24.4 Å². The molecule has 4 atom stereocenters. The summed E-state index contributed by atoms with van der Waals surface area (Å²) in [5, 5.41) is 59.6. The third-order valence-corrected chi connectivity index (χ3v) is 2.77. The quantitative estimate of drug-likeness (QED) is 0.207. The molecule has 0 aromatic rings. The molecule has 0 aliphatic carbocycles. The predicted molar refractivity (Wildman–Crippen MR) is 69.8 cm³/mol. The average molecular weight is 330 g/mol. The molecule has 0 rings (SSSR count). The van der Waals surface area contributed by atoms with E-state index in [1.54, 1.807) is 0 Å². The number of carbonyl (C=O) groups is 3. The summed E-state index contributed by atoms with van der Waals surface area (Å²) in [7, 11) is 0. The van der Waals surface area contributed by atoms with E-state index in [0.29, 0.717) is 0 Å². The van der Waals surface area contributed by atoms with Crippen LogP contribution in [-0.4, -0.2) is 96.5 Å². The van der Waals surface area contributed by atoms with E-state index < -0.39 is 43.0 Å². The lowest BCUT2D eigenvalue weighted by Gasteiger charge is -2.22. The molecule has 124 valence electrons. The maximum Gasteiger partial charge on any atom is 0.313 e. The van der Waals surface area contributed by atoms with Crippen LogP contribution in [0.5, 0.6) is 0 Å². The molecule has 21 heavy (non-hydrogen) atoms. The number of aldehydes is 1. The van der Waals surface area contributed by atoms with Gasteiger partial charge in [-0.05, 0) is 0 Å². The molecule has 0 radical (unpaired) electrons. The van der Waals surface area contributed by atoms with E-state index in [4.69, 9.17) is 35.7 Å². The Balaban J connectivity index is 0. The van der Waals surface area contributed by atoms with E-state index >= 15 is 0 Å². The molecular weight excluding hydrogens is 312 g/mol. The van der Waals surface area contributed by atoms with Crippen molar-refractivity contribution >= 4 is 30.0 Å². The number of hydrogen-bond donors (Lipinski definition) is 7. The summed E-state index contributed by atoms with van der Waals surface area (Å²) >= 11 is 0.870. The highest BCUT2D eigenvalue weighted by Gasteiger charge is 2.29. The molecule has 0 spiro atoms. The molecule has 11 heteroatoms. The Morgan fingerprint density at radius 2 is 1.38 bits per heavy atom. The highest BCUT2D eigenvalue weighted by molar-refractivity contribution is 8.00. The van der Waals surface area contributed by atoms with Crippen LogP contribution in [0.4, 0.5) is 0 Å². The zero-order chi connectivity index (χ0) is 17.0. The van der Waals surface area contributed by atoms with Gasteiger partial charge in [0.05, 0.1) is 18.1 Å². The van der Waals surface area contributed by atoms with E-state index in [-0.39, 0.29) is 17.8 Å². The summed E-state index contributed by atoms with van der Waals surface area (Å²) in [6.45, 7) is -0.760. The number of aliphatic hydroxyl groups excluding tert-OH is 5. The van der Waals surface area contributed by atoms with Crippen molar-refractivity contribution in [2.45, 2.75) is 24.4 Å². The van der Waals surface area contributed by atoms with Gasteiger partial charge in [-0.3, -0.25) is 9.59 Å². The molecule has 0 aromatic carbocycles. The van der Waals surface area contributed by atoms with Crippen LogP contribution in [0.3, 0.4) is 0 Å². The van der Waals surface area contributed by atoms with Gasteiger partial charge in [0.15, 0.2) is 6.29 Å². The first-order valence-corrected chi connectivity index (χ1v) is 6.62. The SMILES string of the molecule is O=C(O)CSCC(=O)O.O=CC(O)C(O)C(O)C(O)CO. The molecule has 0 saturated heterocycles. The fourth-order valence-corrected chi connectivity index (χ4v) is 1.30. The fraction of sp³-hybridized carbons (Fsp3) is 0.700. The van der Waals surface area contributed by atoms with Crippen molar-refractivity contribution in [3.05, 3.63) is 0 Å². The van der Waals surface area contributed by atoms with Gasteiger partial charge >= 0.3 is 11.9 Å². The maximum atomic E-state index is 9.90. The van der Waals surface area contributed by atoms with Crippen LogP contribution in [0.15, 0.2) is 0 Å². The van der Waals surface area contributed by atoms with Crippen LogP contribution in [-0.2, 0) is 14.4 Å². The molecule has 0 bridgehead atoms. The Labute approximate surface area is 123 Å². The molecule has 0 aliphatic heterocycles. The third-order valence-electron chi connectivity index (χ3n) is 1.87. The molecule has 0 heterocycles. The van der Waals surface area contributed by atoms with Crippen LogP contribution < -0.4 is 0 Å². The molecule has 0 fully saturated rings. The van der Waals surface area contributed by atoms with Gasteiger partial charge in [-0.1, -0.05) is 0 Å².